The molecule has 0 amide bonds. The quantitative estimate of drug-likeness (QED) is 0.422. The molecule has 0 bridgehead atoms. The summed E-state index contributed by atoms with van der Waals surface area (Å²) in [6, 6.07) is 3.99. The van der Waals surface area contributed by atoms with E-state index in [2.05, 4.69) is 36.9 Å². The molecule has 11 nitrogen and oxygen atoms in total. The Morgan fingerprint density at radius 3 is 2.20 bits per heavy atom. The molecular formula is C23H26F6N6O5. The van der Waals surface area contributed by atoms with Crippen molar-refractivity contribution in [2.24, 2.45) is 13.0 Å². The van der Waals surface area contributed by atoms with Crippen LogP contribution in [0.15, 0.2) is 49.3 Å². The van der Waals surface area contributed by atoms with Crippen LogP contribution in [0.2, 0.25) is 0 Å². The molecule has 1 atom stereocenters. The summed E-state index contributed by atoms with van der Waals surface area (Å²) in [5.41, 5.74) is 2.33. The van der Waals surface area contributed by atoms with Gasteiger partial charge in [0.25, 0.3) is 0 Å². The van der Waals surface area contributed by atoms with Gasteiger partial charge < -0.3 is 19.5 Å². The second kappa shape index (κ2) is 14.4. The molecule has 0 radical (unpaired) electrons. The van der Waals surface area contributed by atoms with Crippen LogP contribution in [0.25, 0.3) is 0 Å². The molecule has 4 heterocycles. The first kappa shape index (κ1) is 32.2. The summed E-state index contributed by atoms with van der Waals surface area (Å²) in [4.78, 5) is 28.9. The van der Waals surface area contributed by atoms with E-state index in [1.165, 1.54) is 5.56 Å². The maximum Gasteiger partial charge on any atom is 0.490 e. The topological polar surface area (TPSA) is 136 Å². The fourth-order valence-electron chi connectivity index (χ4n) is 3.49. The molecule has 220 valence electrons. The van der Waals surface area contributed by atoms with Crippen LogP contribution in [0.3, 0.4) is 0 Å². The Morgan fingerprint density at radius 2 is 1.68 bits per heavy atom. The molecule has 1 aliphatic heterocycles. The first-order chi connectivity index (χ1) is 18.6. The second-order valence-electron chi connectivity index (χ2n) is 8.54. The normalized spacial score (nSPS) is 15.5. The third kappa shape index (κ3) is 11.4. The molecule has 3 aromatic rings. The van der Waals surface area contributed by atoms with E-state index >= 15 is 0 Å². The Bertz CT molecular complexity index is 1190. The summed E-state index contributed by atoms with van der Waals surface area (Å²) in [5.74, 6) is -3.98. The minimum absolute atomic E-state index is 0.416. The number of hydrogen-bond donors (Lipinski definition) is 2. The molecule has 1 unspecified atom stereocenters. The van der Waals surface area contributed by atoms with Crippen LogP contribution in [0.5, 0.6) is 0 Å². The van der Waals surface area contributed by atoms with Gasteiger partial charge in [0.15, 0.2) is 0 Å². The predicted octanol–water partition coefficient (Wildman–Crippen LogP) is 3.13. The molecule has 0 fully saturated rings. The molecule has 0 aromatic carbocycles. The highest BCUT2D eigenvalue weighted by Crippen LogP contribution is 2.19. The number of nitrogens with zero attached hydrogens (tertiary/aromatic N) is 6. The first-order valence-electron chi connectivity index (χ1n) is 11.4. The lowest BCUT2D eigenvalue weighted by Crippen LogP contribution is -2.30. The highest BCUT2D eigenvalue weighted by molar-refractivity contribution is 5.73. The zero-order chi connectivity index (χ0) is 29.9. The third-order valence-electron chi connectivity index (χ3n) is 5.13. The highest BCUT2D eigenvalue weighted by Gasteiger charge is 2.38. The van der Waals surface area contributed by atoms with Gasteiger partial charge in [-0.1, -0.05) is 6.07 Å². The predicted molar refractivity (Wildman–Crippen MR) is 124 cm³/mol. The number of halogens is 6. The summed E-state index contributed by atoms with van der Waals surface area (Å²) in [7, 11) is 1.95. The van der Waals surface area contributed by atoms with Crippen molar-refractivity contribution in [1.82, 2.24) is 29.2 Å². The Morgan fingerprint density at radius 1 is 1.02 bits per heavy atom. The van der Waals surface area contributed by atoms with Crippen LogP contribution >= 0.6 is 0 Å². The maximum atomic E-state index is 10.6. The summed E-state index contributed by atoms with van der Waals surface area (Å²) in [5, 5.41) is 18.5. The molecule has 0 aliphatic carbocycles. The van der Waals surface area contributed by atoms with Gasteiger partial charge >= 0.3 is 24.3 Å². The lowest BCUT2D eigenvalue weighted by molar-refractivity contribution is -0.193. The van der Waals surface area contributed by atoms with E-state index in [9.17, 15) is 26.3 Å². The smallest absolute Gasteiger partial charge is 0.475 e. The van der Waals surface area contributed by atoms with Crippen molar-refractivity contribution in [2.75, 3.05) is 13.2 Å². The fraction of sp³-hybridized carbons (Fsp3) is 0.435. The van der Waals surface area contributed by atoms with E-state index in [1.807, 2.05) is 42.5 Å². The van der Waals surface area contributed by atoms with Gasteiger partial charge in [-0.25, -0.2) is 14.6 Å². The number of aliphatic carboxylic acids is 2. The van der Waals surface area contributed by atoms with Crippen LogP contribution in [0, 0.1) is 5.92 Å². The van der Waals surface area contributed by atoms with Crippen LogP contribution in [-0.4, -0.2) is 76.9 Å². The van der Waals surface area contributed by atoms with Gasteiger partial charge in [-0.15, -0.1) is 0 Å². The average Bonchev–Trinajstić information content (AvgIpc) is 3.43. The van der Waals surface area contributed by atoms with E-state index in [0.717, 1.165) is 44.2 Å². The number of pyridine rings is 1. The zero-order valence-electron chi connectivity index (χ0n) is 21.0. The molecular weight excluding hydrogens is 554 g/mol. The largest absolute Gasteiger partial charge is 0.490 e. The molecule has 2 N–H and O–H groups in total. The second-order valence-corrected chi connectivity index (χ2v) is 8.54. The Kier molecular flexibility index (Phi) is 11.6. The van der Waals surface area contributed by atoms with Crippen molar-refractivity contribution >= 4 is 11.9 Å². The van der Waals surface area contributed by atoms with Gasteiger partial charge in [0.05, 0.1) is 26.0 Å². The number of imidazole rings is 1. The van der Waals surface area contributed by atoms with E-state index in [1.54, 1.807) is 6.20 Å². The summed E-state index contributed by atoms with van der Waals surface area (Å²) in [6.45, 7) is 4.96. The number of alkyl halides is 6. The van der Waals surface area contributed by atoms with Gasteiger partial charge in [-0.3, -0.25) is 14.6 Å². The average molecular weight is 580 g/mol. The molecule has 3 aromatic heterocycles. The molecule has 0 spiro atoms. The number of fused-ring (bicyclic) bond motifs is 1. The monoisotopic (exact) mass is 580 g/mol. The van der Waals surface area contributed by atoms with Crippen molar-refractivity contribution in [2.45, 2.75) is 38.6 Å². The molecule has 0 saturated heterocycles. The van der Waals surface area contributed by atoms with Gasteiger partial charge in [-0.05, 0) is 11.6 Å². The number of rotatable bonds is 6. The van der Waals surface area contributed by atoms with Crippen molar-refractivity contribution in [1.29, 1.82) is 0 Å². The zero-order valence-corrected chi connectivity index (χ0v) is 21.0. The van der Waals surface area contributed by atoms with Gasteiger partial charge in [-0.2, -0.15) is 31.4 Å². The molecule has 0 saturated carbocycles. The van der Waals surface area contributed by atoms with E-state index < -0.39 is 24.3 Å². The minimum Gasteiger partial charge on any atom is -0.475 e. The van der Waals surface area contributed by atoms with Crippen molar-refractivity contribution in [3.63, 3.8) is 0 Å². The summed E-state index contributed by atoms with van der Waals surface area (Å²) >= 11 is 0. The number of carbonyl (C=O) groups is 2. The number of ether oxygens (including phenoxy) is 1. The van der Waals surface area contributed by atoms with Gasteiger partial charge in [0.1, 0.15) is 5.82 Å². The highest BCUT2D eigenvalue weighted by atomic mass is 19.4. The first-order valence-corrected chi connectivity index (χ1v) is 11.4. The van der Waals surface area contributed by atoms with Crippen molar-refractivity contribution in [3.05, 3.63) is 66.3 Å². The third-order valence-corrected chi connectivity index (χ3v) is 5.13. The molecule has 1 aliphatic rings. The van der Waals surface area contributed by atoms with Gasteiger partial charge in [0.2, 0.25) is 0 Å². The summed E-state index contributed by atoms with van der Waals surface area (Å²) in [6.07, 6.45) is 1.44. The number of carboxylic acids is 2. The fourth-order valence-corrected chi connectivity index (χ4v) is 3.49. The Balaban J connectivity index is 0.000000333. The van der Waals surface area contributed by atoms with E-state index in [4.69, 9.17) is 24.5 Å². The standard InChI is InChI=1S/C19H24N6O.2C2HF3O2/c1-23-9-17(8-22-23)10-24-11-18(12-25-6-5-21-19(25)13-24)15-26-14-16-3-2-4-20-7-16;2*3-2(4,5)1(6)7/h2-9,18H,10-15H2,1H3;2*(H,6,7). The molecule has 17 heteroatoms. The number of carboxylic acid groups (broad SMARTS) is 2. The maximum absolute atomic E-state index is 10.6. The minimum atomic E-state index is -5.08. The SMILES string of the molecule is Cn1cc(CN2Cc3nccn3CC(COCc3cccnc3)C2)cn1.O=C(O)C(F)(F)F.O=C(O)C(F)(F)F. The lowest BCUT2D eigenvalue weighted by atomic mass is 10.1. The van der Waals surface area contributed by atoms with E-state index in [0.29, 0.717) is 12.5 Å². The van der Waals surface area contributed by atoms with Crippen LogP contribution < -0.4 is 0 Å². The Labute approximate surface area is 223 Å². The van der Waals surface area contributed by atoms with E-state index in [-0.39, 0.29) is 0 Å². The molecule has 4 rings (SSSR count). The van der Waals surface area contributed by atoms with Crippen molar-refractivity contribution in [3.8, 4) is 0 Å². The van der Waals surface area contributed by atoms with Crippen molar-refractivity contribution < 1.29 is 50.9 Å². The molecule has 40 heavy (non-hydrogen) atoms. The number of aryl methyl sites for hydroxylation is 1. The number of aromatic nitrogens is 5. The van der Waals surface area contributed by atoms with Gasteiger partial charge in [0, 0.05) is 69.1 Å². The van der Waals surface area contributed by atoms with Crippen LogP contribution in [0.4, 0.5) is 26.3 Å². The number of hydrogen-bond acceptors (Lipinski definition) is 7. The van der Waals surface area contributed by atoms with Crippen LogP contribution in [0.1, 0.15) is 17.0 Å². The summed E-state index contributed by atoms with van der Waals surface area (Å²) < 4.78 is 73.6. The lowest BCUT2D eigenvalue weighted by Gasteiger charge is -2.23. The Hall–Kier alpha value is -3.99. The van der Waals surface area contributed by atoms with Crippen LogP contribution in [-0.2, 0) is 47.6 Å².